The number of hydrogen-bond acceptors (Lipinski definition) is 4. The smallest absolute Gasteiger partial charge is 0.260 e. The first-order valence-corrected chi connectivity index (χ1v) is 6.21. The number of nitrogens with zero attached hydrogens (tertiary/aromatic N) is 2. The molecular formula is C15H14N4O. The zero-order valence-corrected chi connectivity index (χ0v) is 11.0. The third-order valence-corrected chi connectivity index (χ3v) is 3.12. The fraction of sp³-hybridized carbons (Fsp3) is 0.0667. The molecule has 0 amide bonds. The lowest BCUT2D eigenvalue weighted by Crippen LogP contribution is -2.16. The van der Waals surface area contributed by atoms with Gasteiger partial charge in [-0.3, -0.25) is 4.79 Å². The van der Waals surface area contributed by atoms with Crippen molar-refractivity contribution in [3.8, 4) is 0 Å². The Balaban J connectivity index is 2.02. The number of hydrogen-bond donors (Lipinski definition) is 2. The molecule has 2 aromatic carbocycles. The maximum absolute atomic E-state index is 12.1. The summed E-state index contributed by atoms with van der Waals surface area (Å²) in [5.41, 5.74) is 8.75. The Morgan fingerprint density at radius 3 is 2.55 bits per heavy atom. The number of fused-ring (bicyclic) bond motifs is 1. The highest BCUT2D eigenvalue weighted by atomic mass is 16.1. The van der Waals surface area contributed by atoms with Crippen molar-refractivity contribution in [2.45, 2.75) is 0 Å². The number of aromatic nitrogens is 2. The van der Waals surface area contributed by atoms with E-state index in [1.807, 2.05) is 36.4 Å². The number of nitrogens with two attached hydrogens (primary N) is 1. The first-order valence-electron chi connectivity index (χ1n) is 6.21. The second-order valence-electron chi connectivity index (χ2n) is 4.64. The lowest BCUT2D eigenvalue weighted by Gasteiger charge is -2.08. The summed E-state index contributed by atoms with van der Waals surface area (Å²) < 4.78 is 1.47. The summed E-state index contributed by atoms with van der Waals surface area (Å²) in [5, 5.41) is 3.83. The number of benzene rings is 2. The summed E-state index contributed by atoms with van der Waals surface area (Å²) in [6.45, 7) is 0. The molecule has 0 radical (unpaired) electrons. The summed E-state index contributed by atoms with van der Waals surface area (Å²) in [5.74, 6) is 0. The van der Waals surface area contributed by atoms with Crippen LogP contribution in [0.1, 0.15) is 0 Å². The zero-order valence-electron chi connectivity index (χ0n) is 11.0. The van der Waals surface area contributed by atoms with E-state index in [-0.39, 0.29) is 5.56 Å². The molecule has 20 heavy (non-hydrogen) atoms. The summed E-state index contributed by atoms with van der Waals surface area (Å²) in [4.78, 5) is 16.3. The number of nitrogen functional groups attached to an aromatic ring is 1. The van der Waals surface area contributed by atoms with Crippen LogP contribution in [-0.4, -0.2) is 9.55 Å². The second-order valence-corrected chi connectivity index (χ2v) is 4.64. The van der Waals surface area contributed by atoms with Crippen LogP contribution < -0.4 is 16.6 Å². The van der Waals surface area contributed by atoms with Gasteiger partial charge >= 0.3 is 0 Å². The summed E-state index contributed by atoms with van der Waals surface area (Å²) in [6.07, 6.45) is 1.53. The van der Waals surface area contributed by atoms with Crippen LogP contribution in [-0.2, 0) is 7.05 Å². The molecule has 3 rings (SSSR count). The predicted octanol–water partition coefficient (Wildman–Crippen LogP) is 2.26. The number of anilines is 3. The highest BCUT2D eigenvalue weighted by Gasteiger charge is 2.03. The number of nitrogens with one attached hydrogen (secondary N) is 1. The van der Waals surface area contributed by atoms with Gasteiger partial charge in [0.2, 0.25) is 0 Å². The zero-order chi connectivity index (χ0) is 14.1. The predicted molar refractivity (Wildman–Crippen MR) is 81.1 cm³/mol. The molecule has 0 spiro atoms. The van der Waals surface area contributed by atoms with Crippen molar-refractivity contribution in [3.63, 3.8) is 0 Å². The lowest BCUT2D eigenvalue weighted by atomic mass is 10.2. The molecule has 5 nitrogen and oxygen atoms in total. The van der Waals surface area contributed by atoms with Crippen LogP contribution in [0, 0.1) is 0 Å². The van der Waals surface area contributed by atoms with Gasteiger partial charge in [-0.2, -0.15) is 0 Å². The molecule has 3 aromatic rings. The molecule has 3 N–H and O–H groups in total. The van der Waals surface area contributed by atoms with E-state index in [1.165, 1.54) is 10.9 Å². The molecule has 0 saturated carbocycles. The molecule has 5 heteroatoms. The Morgan fingerprint density at radius 2 is 1.80 bits per heavy atom. The quantitative estimate of drug-likeness (QED) is 0.698. The molecule has 0 unspecified atom stereocenters. The van der Waals surface area contributed by atoms with Crippen molar-refractivity contribution in [2.75, 3.05) is 11.1 Å². The first kappa shape index (κ1) is 12.2. The highest BCUT2D eigenvalue weighted by molar-refractivity contribution is 5.82. The minimum atomic E-state index is -0.0593. The van der Waals surface area contributed by atoms with Gasteiger partial charge in [0, 0.05) is 24.1 Å². The van der Waals surface area contributed by atoms with Crippen molar-refractivity contribution in [1.29, 1.82) is 0 Å². The number of rotatable bonds is 2. The minimum Gasteiger partial charge on any atom is -0.399 e. The molecule has 0 bridgehead atoms. The molecule has 0 saturated heterocycles. The van der Waals surface area contributed by atoms with Crippen molar-refractivity contribution < 1.29 is 0 Å². The maximum atomic E-state index is 12.1. The highest BCUT2D eigenvalue weighted by Crippen LogP contribution is 2.20. The maximum Gasteiger partial charge on any atom is 0.260 e. The Hall–Kier alpha value is -2.82. The van der Waals surface area contributed by atoms with E-state index in [1.54, 1.807) is 13.1 Å². The average Bonchev–Trinajstić information content (AvgIpc) is 2.46. The van der Waals surface area contributed by atoms with E-state index in [0.717, 1.165) is 11.4 Å². The van der Waals surface area contributed by atoms with Gasteiger partial charge in [-0.1, -0.05) is 0 Å². The van der Waals surface area contributed by atoms with E-state index in [4.69, 9.17) is 5.73 Å². The van der Waals surface area contributed by atoms with Gasteiger partial charge in [0.25, 0.3) is 5.56 Å². The second kappa shape index (κ2) is 4.70. The van der Waals surface area contributed by atoms with Crippen LogP contribution in [0.15, 0.2) is 53.6 Å². The average molecular weight is 266 g/mol. The van der Waals surface area contributed by atoms with Gasteiger partial charge in [-0.15, -0.1) is 0 Å². The summed E-state index contributed by atoms with van der Waals surface area (Å²) in [7, 11) is 1.69. The Labute approximate surface area is 115 Å². The van der Waals surface area contributed by atoms with Gasteiger partial charge in [0.15, 0.2) is 0 Å². The van der Waals surface area contributed by atoms with Gasteiger partial charge < -0.3 is 15.6 Å². The van der Waals surface area contributed by atoms with Gasteiger partial charge in [-0.05, 0) is 42.5 Å². The van der Waals surface area contributed by atoms with Crippen molar-refractivity contribution >= 4 is 28.0 Å². The van der Waals surface area contributed by atoms with Gasteiger partial charge in [0.05, 0.1) is 17.2 Å². The van der Waals surface area contributed by atoms with Crippen molar-refractivity contribution in [3.05, 3.63) is 59.1 Å². The monoisotopic (exact) mass is 266 g/mol. The van der Waals surface area contributed by atoms with Crippen molar-refractivity contribution in [1.82, 2.24) is 9.55 Å². The van der Waals surface area contributed by atoms with Crippen LogP contribution in [0.4, 0.5) is 17.1 Å². The van der Waals surface area contributed by atoms with E-state index in [0.29, 0.717) is 16.6 Å². The van der Waals surface area contributed by atoms with Gasteiger partial charge in [-0.25, -0.2) is 4.98 Å². The van der Waals surface area contributed by atoms with Crippen LogP contribution in [0.5, 0.6) is 0 Å². The Kier molecular flexibility index (Phi) is 2.87. The molecule has 100 valence electrons. The van der Waals surface area contributed by atoms with E-state index < -0.39 is 0 Å². The third kappa shape index (κ3) is 2.21. The topological polar surface area (TPSA) is 72.9 Å². The van der Waals surface area contributed by atoms with Crippen LogP contribution in [0.25, 0.3) is 10.9 Å². The lowest BCUT2D eigenvalue weighted by molar-refractivity contribution is 0.843. The van der Waals surface area contributed by atoms with Crippen LogP contribution in [0.3, 0.4) is 0 Å². The largest absolute Gasteiger partial charge is 0.399 e. The van der Waals surface area contributed by atoms with Crippen molar-refractivity contribution in [2.24, 2.45) is 7.05 Å². The van der Waals surface area contributed by atoms with E-state index in [2.05, 4.69) is 10.3 Å². The molecule has 1 aromatic heterocycles. The first-order chi connectivity index (χ1) is 9.63. The van der Waals surface area contributed by atoms with E-state index >= 15 is 0 Å². The minimum absolute atomic E-state index is 0.0593. The van der Waals surface area contributed by atoms with Crippen LogP contribution in [0.2, 0.25) is 0 Å². The van der Waals surface area contributed by atoms with E-state index in [9.17, 15) is 4.79 Å². The summed E-state index contributed by atoms with van der Waals surface area (Å²) >= 11 is 0. The Morgan fingerprint density at radius 1 is 1.10 bits per heavy atom. The standard InChI is InChI=1S/C15H14N4O/c1-19-9-17-14-7-6-12(8-13(14)15(19)20)18-11-4-2-10(16)3-5-11/h2-9,18H,16H2,1H3. The third-order valence-electron chi connectivity index (χ3n) is 3.12. The molecule has 0 aliphatic carbocycles. The molecule has 1 heterocycles. The van der Waals surface area contributed by atoms with Crippen LogP contribution >= 0.6 is 0 Å². The molecule has 0 aliphatic heterocycles. The fourth-order valence-corrected chi connectivity index (χ4v) is 2.02. The normalized spacial score (nSPS) is 10.7. The molecule has 0 aliphatic rings. The Bertz CT molecular complexity index is 821. The SMILES string of the molecule is Cn1cnc2ccc(Nc3ccc(N)cc3)cc2c1=O. The fourth-order valence-electron chi connectivity index (χ4n) is 2.02. The molecule has 0 atom stereocenters. The number of aryl methyl sites for hydroxylation is 1. The summed E-state index contributed by atoms with van der Waals surface area (Å²) in [6, 6.07) is 13.0. The molecular weight excluding hydrogens is 252 g/mol. The van der Waals surface area contributed by atoms with Gasteiger partial charge in [0.1, 0.15) is 0 Å². The molecule has 0 fully saturated rings.